The molecule has 6 nitrogen and oxygen atoms in total. The smallest absolute Gasteiger partial charge is 0.327 e. The van der Waals surface area contributed by atoms with E-state index < -0.39 is 41.7 Å². The van der Waals surface area contributed by atoms with E-state index in [9.17, 15) is 23.9 Å². The Hall–Kier alpha value is -3.53. The number of nitrogens with zero attached hydrogens (tertiary/aromatic N) is 1. The molecule has 0 radical (unpaired) electrons. The molecule has 0 saturated carbocycles. The van der Waals surface area contributed by atoms with Crippen LogP contribution in [0.3, 0.4) is 0 Å². The summed E-state index contributed by atoms with van der Waals surface area (Å²) in [5, 5.41) is 17.4. The van der Waals surface area contributed by atoms with Crippen molar-refractivity contribution in [3.63, 3.8) is 0 Å². The Morgan fingerprint density at radius 2 is 1.68 bits per heavy atom. The summed E-state index contributed by atoms with van der Waals surface area (Å²) in [6.07, 6.45) is 0. The minimum Gasteiger partial charge on any atom is -0.480 e. The van der Waals surface area contributed by atoms with Gasteiger partial charge in [-0.15, -0.1) is 22.7 Å². The number of hydrogen-bond donors (Lipinski definition) is 2. The van der Waals surface area contributed by atoms with Gasteiger partial charge >= 0.3 is 12.0 Å². The van der Waals surface area contributed by atoms with E-state index in [0.29, 0.717) is 21.2 Å². The van der Waals surface area contributed by atoms with Crippen LogP contribution in [0, 0.1) is 18.7 Å². The van der Waals surface area contributed by atoms with Crippen molar-refractivity contribution in [2.24, 2.45) is 5.92 Å². The van der Waals surface area contributed by atoms with Crippen LogP contribution in [0.25, 0.3) is 0 Å². The second-order valence-electron chi connectivity index (χ2n) is 8.98. The van der Waals surface area contributed by atoms with Crippen LogP contribution >= 0.6 is 34.3 Å². The number of Topliss-reactive ketones (excluding diaryl/α,β-unsaturated/α-hetero) is 1. The largest absolute Gasteiger partial charge is 0.480 e. The van der Waals surface area contributed by atoms with Gasteiger partial charge in [0.25, 0.3) is 0 Å². The maximum atomic E-state index is 14.1. The number of carboxylic acid groups (broad SMARTS) is 1. The number of aryl methyl sites for hydroxylation is 1. The number of anilines is 1. The second kappa shape index (κ2) is 10.7. The fraction of sp³-hybridized carbons (Fsp3) is 0.179. The summed E-state index contributed by atoms with van der Waals surface area (Å²) in [5.74, 6) is -3.68. The summed E-state index contributed by atoms with van der Waals surface area (Å²) in [5.41, 5.74) is 1.75. The summed E-state index contributed by atoms with van der Waals surface area (Å²) in [4.78, 5) is 43.4. The van der Waals surface area contributed by atoms with Crippen molar-refractivity contribution in [2.45, 2.75) is 24.9 Å². The molecule has 5 rings (SSSR count). The van der Waals surface area contributed by atoms with Crippen molar-refractivity contribution in [1.82, 2.24) is 4.90 Å². The normalized spacial score (nSPS) is 20.9. The highest BCUT2D eigenvalue weighted by atomic mass is 35.5. The summed E-state index contributed by atoms with van der Waals surface area (Å²) >= 11 is 8.78. The average Bonchev–Trinajstić information content (AvgIpc) is 3.64. The van der Waals surface area contributed by atoms with Gasteiger partial charge in [0, 0.05) is 21.5 Å². The van der Waals surface area contributed by atoms with Crippen molar-refractivity contribution in [1.29, 1.82) is 0 Å². The van der Waals surface area contributed by atoms with E-state index in [0.717, 1.165) is 10.4 Å². The van der Waals surface area contributed by atoms with Crippen LogP contribution in [0.1, 0.15) is 37.6 Å². The SMILES string of the molecule is Cc1ccsc1C1C(C(=O)c2cccs2)C(c2ccc(Cl)cc2)C(C(=O)O)N1C(=O)Nc1ccc(F)cc1. The number of urea groups is 1. The van der Waals surface area contributed by atoms with Gasteiger partial charge in [0.05, 0.1) is 16.8 Å². The monoisotopic (exact) mass is 568 g/mol. The van der Waals surface area contributed by atoms with E-state index in [1.54, 1.807) is 41.8 Å². The maximum absolute atomic E-state index is 14.1. The molecule has 1 saturated heterocycles. The van der Waals surface area contributed by atoms with Crippen LogP contribution in [0.4, 0.5) is 14.9 Å². The average molecular weight is 569 g/mol. The minimum absolute atomic E-state index is 0.235. The van der Waals surface area contributed by atoms with Gasteiger partial charge in [0.2, 0.25) is 0 Å². The molecule has 2 aromatic carbocycles. The molecule has 2 amide bonds. The molecule has 10 heteroatoms. The summed E-state index contributed by atoms with van der Waals surface area (Å²) in [6.45, 7) is 1.87. The van der Waals surface area contributed by atoms with E-state index >= 15 is 0 Å². The summed E-state index contributed by atoms with van der Waals surface area (Å²) in [7, 11) is 0. The van der Waals surface area contributed by atoms with Crippen LogP contribution in [-0.2, 0) is 4.79 Å². The number of benzene rings is 2. The number of carbonyl (C=O) groups excluding carboxylic acids is 2. The third-order valence-corrected chi connectivity index (χ3v) is 8.97. The number of carbonyl (C=O) groups is 3. The number of likely N-dealkylation sites (tertiary alicyclic amines) is 1. The predicted molar refractivity (Wildman–Crippen MR) is 147 cm³/mol. The topological polar surface area (TPSA) is 86.7 Å². The Kier molecular flexibility index (Phi) is 7.34. The lowest BCUT2D eigenvalue weighted by atomic mass is 9.78. The van der Waals surface area contributed by atoms with Crippen LogP contribution in [0.5, 0.6) is 0 Å². The van der Waals surface area contributed by atoms with Gasteiger partial charge in [-0.3, -0.25) is 4.79 Å². The van der Waals surface area contributed by atoms with Crippen molar-refractivity contribution in [3.8, 4) is 0 Å². The van der Waals surface area contributed by atoms with E-state index in [4.69, 9.17) is 11.6 Å². The third-order valence-electron chi connectivity index (χ3n) is 6.74. The van der Waals surface area contributed by atoms with Gasteiger partial charge in [0.1, 0.15) is 11.9 Å². The number of nitrogens with one attached hydrogen (secondary N) is 1. The third kappa shape index (κ3) is 4.84. The summed E-state index contributed by atoms with van der Waals surface area (Å²) < 4.78 is 13.5. The molecular formula is C28H22ClFN2O4S2. The Morgan fingerprint density at radius 3 is 2.26 bits per heavy atom. The number of rotatable bonds is 6. The number of thiophene rings is 2. The zero-order valence-corrected chi connectivity index (χ0v) is 22.4. The molecule has 0 aliphatic carbocycles. The van der Waals surface area contributed by atoms with Gasteiger partial charge in [-0.2, -0.15) is 0 Å². The fourth-order valence-corrected chi connectivity index (χ4v) is 7.01. The highest BCUT2D eigenvalue weighted by Gasteiger charge is 2.58. The van der Waals surface area contributed by atoms with E-state index in [2.05, 4.69) is 5.32 Å². The molecule has 4 unspecified atom stereocenters. The molecule has 1 fully saturated rings. The Balaban J connectivity index is 1.70. The molecule has 38 heavy (non-hydrogen) atoms. The molecule has 1 aliphatic rings. The molecule has 0 bridgehead atoms. The fourth-order valence-electron chi connectivity index (χ4n) is 5.10. The Labute approximate surface area is 231 Å². The van der Waals surface area contributed by atoms with Crippen molar-refractivity contribution < 1.29 is 23.9 Å². The highest BCUT2D eigenvalue weighted by molar-refractivity contribution is 7.12. The highest BCUT2D eigenvalue weighted by Crippen LogP contribution is 2.53. The molecule has 194 valence electrons. The molecule has 2 N–H and O–H groups in total. The quantitative estimate of drug-likeness (QED) is 0.240. The van der Waals surface area contributed by atoms with Gasteiger partial charge in [-0.1, -0.05) is 29.8 Å². The standard InChI is InChI=1S/C28H22ClFN2O4S2/c1-15-12-14-38-26(15)23-22(25(33)20-3-2-13-37-20)21(16-4-6-17(29)7-5-16)24(27(34)35)32(23)28(36)31-19-10-8-18(30)9-11-19/h2-14,21-24H,1H3,(H,31,36)(H,34,35). The number of ketones is 1. The molecule has 4 aromatic rings. The van der Waals surface area contributed by atoms with Gasteiger partial charge in [-0.25, -0.2) is 14.0 Å². The van der Waals surface area contributed by atoms with Crippen LogP contribution < -0.4 is 5.32 Å². The van der Waals surface area contributed by atoms with Crippen LogP contribution in [0.2, 0.25) is 5.02 Å². The second-order valence-corrected chi connectivity index (χ2v) is 11.3. The van der Waals surface area contributed by atoms with Crippen molar-refractivity contribution in [2.75, 3.05) is 5.32 Å². The molecule has 2 aromatic heterocycles. The van der Waals surface area contributed by atoms with Gasteiger partial charge in [-0.05, 0) is 77.3 Å². The molecule has 3 heterocycles. The number of carboxylic acids is 1. The van der Waals surface area contributed by atoms with E-state index in [1.807, 2.05) is 18.4 Å². The van der Waals surface area contributed by atoms with E-state index in [1.165, 1.54) is 51.8 Å². The first kappa shape index (κ1) is 26.1. The number of amides is 2. The number of aliphatic carboxylic acids is 1. The Bertz CT molecular complexity index is 1470. The van der Waals surface area contributed by atoms with Crippen molar-refractivity contribution in [3.05, 3.63) is 109 Å². The van der Waals surface area contributed by atoms with Crippen LogP contribution in [0.15, 0.2) is 77.5 Å². The lowest BCUT2D eigenvalue weighted by Crippen LogP contribution is -2.45. The Morgan fingerprint density at radius 1 is 0.974 bits per heavy atom. The predicted octanol–water partition coefficient (Wildman–Crippen LogP) is 7.24. The molecular weight excluding hydrogens is 547 g/mol. The van der Waals surface area contributed by atoms with Gasteiger partial charge < -0.3 is 15.3 Å². The molecule has 0 spiro atoms. The lowest BCUT2D eigenvalue weighted by molar-refractivity contribution is -0.142. The van der Waals surface area contributed by atoms with Gasteiger partial charge in [0.15, 0.2) is 5.78 Å². The first-order valence-electron chi connectivity index (χ1n) is 11.7. The van der Waals surface area contributed by atoms with Crippen LogP contribution in [-0.4, -0.2) is 33.8 Å². The zero-order valence-electron chi connectivity index (χ0n) is 20.0. The molecule has 1 aliphatic heterocycles. The van der Waals surface area contributed by atoms with Crippen molar-refractivity contribution >= 4 is 57.7 Å². The maximum Gasteiger partial charge on any atom is 0.327 e. The van der Waals surface area contributed by atoms with E-state index in [-0.39, 0.29) is 5.78 Å². The first-order chi connectivity index (χ1) is 18.3. The molecule has 4 atom stereocenters. The number of hydrogen-bond acceptors (Lipinski definition) is 5. The first-order valence-corrected chi connectivity index (χ1v) is 13.8. The zero-order chi connectivity index (χ0) is 27.0. The number of halogens is 2. The minimum atomic E-state index is -1.36. The summed E-state index contributed by atoms with van der Waals surface area (Å²) in [6, 6.07) is 14.4. The lowest BCUT2D eigenvalue weighted by Gasteiger charge is -2.30.